The minimum atomic E-state index is -0.138. The van der Waals surface area contributed by atoms with E-state index in [4.69, 9.17) is 0 Å². The van der Waals surface area contributed by atoms with Crippen molar-refractivity contribution in [2.24, 2.45) is 0 Å². The Kier molecular flexibility index (Phi) is 8.48. The van der Waals surface area contributed by atoms with Crippen LogP contribution in [0.1, 0.15) is 56.6 Å². The molecule has 0 bridgehead atoms. The molecule has 0 saturated carbocycles. The quantitative estimate of drug-likeness (QED) is 0.608. The fraction of sp³-hybridized carbons (Fsp3) is 0.647. The van der Waals surface area contributed by atoms with Gasteiger partial charge >= 0.3 is 0 Å². The van der Waals surface area contributed by atoms with Gasteiger partial charge in [0.1, 0.15) is 5.82 Å². The van der Waals surface area contributed by atoms with Crippen LogP contribution < -0.4 is 5.32 Å². The fourth-order valence-corrected chi connectivity index (χ4v) is 2.32. The lowest BCUT2D eigenvalue weighted by atomic mass is 10.1. The molecule has 108 valence electrons. The molecule has 1 N–H and O–H groups in total. The number of hydrogen-bond donors (Lipinski definition) is 1. The van der Waals surface area contributed by atoms with Crippen molar-refractivity contribution in [3.8, 4) is 0 Å². The minimum absolute atomic E-state index is 0.138. The van der Waals surface area contributed by atoms with Crippen molar-refractivity contribution in [2.45, 2.75) is 58.8 Å². The summed E-state index contributed by atoms with van der Waals surface area (Å²) in [4.78, 5) is 0. The van der Waals surface area contributed by atoms with Crippen LogP contribution in [0.3, 0.4) is 0 Å². The lowest BCUT2D eigenvalue weighted by molar-refractivity contribution is 0.572. The number of benzene rings is 1. The van der Waals surface area contributed by atoms with E-state index >= 15 is 0 Å². The monoisotopic (exact) mass is 265 g/mol. The molecule has 0 spiro atoms. The summed E-state index contributed by atoms with van der Waals surface area (Å²) in [5.74, 6) is -0.138. The summed E-state index contributed by atoms with van der Waals surface area (Å²) in [6.45, 7) is 6.32. The second kappa shape index (κ2) is 9.96. The highest BCUT2D eigenvalue weighted by atomic mass is 19.1. The average molecular weight is 265 g/mol. The molecule has 0 fully saturated rings. The summed E-state index contributed by atoms with van der Waals surface area (Å²) in [6.07, 6.45) is 9.03. The first-order valence-corrected chi connectivity index (χ1v) is 7.69. The average Bonchev–Trinajstić information content (AvgIpc) is 2.39. The molecule has 1 rings (SSSR count). The number of halogens is 1. The van der Waals surface area contributed by atoms with Crippen molar-refractivity contribution < 1.29 is 4.39 Å². The molecule has 0 heterocycles. The van der Waals surface area contributed by atoms with Crippen LogP contribution in [0.5, 0.6) is 0 Å². The highest BCUT2D eigenvalue weighted by molar-refractivity contribution is 5.26. The maximum atomic E-state index is 12.9. The predicted octanol–water partition coefficient (Wildman–Crippen LogP) is 4.63. The van der Waals surface area contributed by atoms with Crippen LogP contribution in [0, 0.1) is 12.7 Å². The molecule has 19 heavy (non-hydrogen) atoms. The minimum Gasteiger partial charge on any atom is -0.316 e. The molecule has 2 heteroatoms. The number of hydrogen-bond acceptors (Lipinski definition) is 1. The maximum Gasteiger partial charge on any atom is 0.123 e. The van der Waals surface area contributed by atoms with Crippen molar-refractivity contribution in [2.75, 3.05) is 13.1 Å². The van der Waals surface area contributed by atoms with Gasteiger partial charge < -0.3 is 5.32 Å². The van der Waals surface area contributed by atoms with E-state index in [1.54, 1.807) is 12.1 Å². The summed E-state index contributed by atoms with van der Waals surface area (Å²) in [5.41, 5.74) is 2.30. The Bertz CT molecular complexity index is 349. The van der Waals surface area contributed by atoms with Gasteiger partial charge in [0.2, 0.25) is 0 Å². The van der Waals surface area contributed by atoms with E-state index in [0.29, 0.717) is 0 Å². The largest absolute Gasteiger partial charge is 0.316 e. The van der Waals surface area contributed by atoms with E-state index in [1.807, 2.05) is 13.0 Å². The molecule has 0 unspecified atom stereocenters. The highest BCUT2D eigenvalue weighted by Gasteiger charge is 1.99. The molecule has 1 aromatic rings. The van der Waals surface area contributed by atoms with Gasteiger partial charge in [-0.15, -0.1) is 0 Å². The number of rotatable bonds is 10. The van der Waals surface area contributed by atoms with Gasteiger partial charge in [0.15, 0.2) is 0 Å². The van der Waals surface area contributed by atoms with Gasteiger partial charge in [0.25, 0.3) is 0 Å². The Hall–Kier alpha value is -0.890. The Labute approximate surface area is 117 Å². The van der Waals surface area contributed by atoms with Crippen LogP contribution in [-0.2, 0) is 6.42 Å². The summed E-state index contributed by atoms with van der Waals surface area (Å²) < 4.78 is 12.9. The topological polar surface area (TPSA) is 12.0 Å². The number of aryl methyl sites for hydroxylation is 1. The summed E-state index contributed by atoms with van der Waals surface area (Å²) in [7, 11) is 0. The Morgan fingerprint density at radius 1 is 1.00 bits per heavy atom. The zero-order valence-corrected chi connectivity index (χ0v) is 12.5. The molecule has 0 aliphatic carbocycles. The third-order valence-corrected chi connectivity index (χ3v) is 3.58. The summed E-state index contributed by atoms with van der Waals surface area (Å²) >= 11 is 0. The van der Waals surface area contributed by atoms with Crippen molar-refractivity contribution >= 4 is 0 Å². The van der Waals surface area contributed by atoms with Gasteiger partial charge in [-0.25, -0.2) is 4.39 Å². The van der Waals surface area contributed by atoms with E-state index in [1.165, 1.54) is 44.1 Å². The molecule has 1 nitrogen and oxygen atoms in total. The Morgan fingerprint density at radius 2 is 1.74 bits per heavy atom. The second-order valence-electron chi connectivity index (χ2n) is 5.34. The first-order valence-electron chi connectivity index (χ1n) is 7.69. The summed E-state index contributed by atoms with van der Waals surface area (Å²) in [5, 5.41) is 3.47. The van der Waals surface area contributed by atoms with E-state index in [9.17, 15) is 4.39 Å². The van der Waals surface area contributed by atoms with E-state index in [2.05, 4.69) is 12.2 Å². The van der Waals surface area contributed by atoms with Gasteiger partial charge in [-0.05, 0) is 56.1 Å². The predicted molar refractivity (Wildman–Crippen MR) is 81.1 cm³/mol. The molecule has 0 radical (unpaired) electrons. The summed E-state index contributed by atoms with van der Waals surface area (Å²) in [6, 6.07) is 5.07. The maximum absolute atomic E-state index is 12.9. The van der Waals surface area contributed by atoms with Crippen LogP contribution >= 0.6 is 0 Å². The fourth-order valence-electron chi connectivity index (χ4n) is 2.32. The van der Waals surface area contributed by atoms with Crippen LogP contribution in [0.15, 0.2) is 18.2 Å². The molecular formula is C17H28FN. The number of unbranched alkanes of at least 4 members (excludes halogenated alkanes) is 5. The standard InChI is InChI=1S/C17H28FN/c1-3-4-5-6-7-8-12-19-13-11-16-9-10-17(18)14-15(16)2/h9-10,14,19H,3-8,11-13H2,1-2H3. The van der Waals surface area contributed by atoms with Gasteiger partial charge in [0.05, 0.1) is 0 Å². The first-order chi connectivity index (χ1) is 9.24. The van der Waals surface area contributed by atoms with E-state index < -0.39 is 0 Å². The Morgan fingerprint density at radius 3 is 2.47 bits per heavy atom. The first kappa shape index (κ1) is 16.2. The third kappa shape index (κ3) is 7.31. The molecular weight excluding hydrogens is 237 g/mol. The number of nitrogens with one attached hydrogen (secondary N) is 1. The molecule has 0 aliphatic rings. The Balaban J connectivity index is 2.01. The van der Waals surface area contributed by atoms with Crippen molar-refractivity contribution in [3.05, 3.63) is 35.1 Å². The molecule has 0 amide bonds. The van der Waals surface area contributed by atoms with Crippen molar-refractivity contribution in [1.82, 2.24) is 5.32 Å². The van der Waals surface area contributed by atoms with Crippen LogP contribution in [0.2, 0.25) is 0 Å². The zero-order chi connectivity index (χ0) is 13.9. The van der Waals surface area contributed by atoms with Crippen LogP contribution in [0.25, 0.3) is 0 Å². The van der Waals surface area contributed by atoms with Crippen LogP contribution in [-0.4, -0.2) is 13.1 Å². The van der Waals surface area contributed by atoms with Gasteiger partial charge in [-0.2, -0.15) is 0 Å². The van der Waals surface area contributed by atoms with Gasteiger partial charge in [-0.1, -0.05) is 45.1 Å². The highest BCUT2D eigenvalue weighted by Crippen LogP contribution is 2.10. The van der Waals surface area contributed by atoms with E-state index in [0.717, 1.165) is 25.1 Å². The zero-order valence-electron chi connectivity index (χ0n) is 12.5. The van der Waals surface area contributed by atoms with Gasteiger partial charge in [-0.3, -0.25) is 0 Å². The van der Waals surface area contributed by atoms with Crippen molar-refractivity contribution in [3.63, 3.8) is 0 Å². The SMILES string of the molecule is CCCCCCCCNCCc1ccc(F)cc1C. The molecule has 0 saturated heterocycles. The molecule has 0 atom stereocenters. The second-order valence-corrected chi connectivity index (χ2v) is 5.34. The van der Waals surface area contributed by atoms with Gasteiger partial charge in [0, 0.05) is 0 Å². The lowest BCUT2D eigenvalue weighted by Crippen LogP contribution is -2.18. The molecule has 0 aromatic heterocycles. The van der Waals surface area contributed by atoms with Crippen molar-refractivity contribution in [1.29, 1.82) is 0 Å². The van der Waals surface area contributed by atoms with E-state index in [-0.39, 0.29) is 5.82 Å². The molecule has 1 aromatic carbocycles. The lowest BCUT2D eigenvalue weighted by Gasteiger charge is -2.07. The normalized spacial score (nSPS) is 10.9. The molecule has 0 aliphatic heterocycles. The smallest absolute Gasteiger partial charge is 0.123 e. The third-order valence-electron chi connectivity index (χ3n) is 3.58. The van der Waals surface area contributed by atoms with Crippen LogP contribution in [0.4, 0.5) is 4.39 Å².